The van der Waals surface area contributed by atoms with Gasteiger partial charge in [-0.2, -0.15) is 0 Å². The second-order valence-corrected chi connectivity index (χ2v) is 3.57. The predicted octanol–water partition coefficient (Wildman–Crippen LogP) is 2.72. The molecule has 1 aromatic carbocycles. The van der Waals surface area contributed by atoms with Crippen molar-refractivity contribution in [1.82, 2.24) is 0 Å². The van der Waals surface area contributed by atoms with Gasteiger partial charge in [-0.15, -0.1) is 0 Å². The number of phenols is 1. The number of hydrogen-bond donors (Lipinski definition) is 1. The first-order valence-electron chi connectivity index (χ1n) is 5.45. The SMILES string of the molecule is C=CCOc1cc(O)c(C(C)=O)c(OCC=C)c1. The van der Waals surface area contributed by atoms with Gasteiger partial charge in [0.05, 0.1) is 0 Å². The molecule has 0 saturated heterocycles. The Balaban J connectivity index is 3.13. The minimum Gasteiger partial charge on any atom is -0.507 e. The summed E-state index contributed by atoms with van der Waals surface area (Å²) in [5, 5.41) is 9.81. The number of Topliss-reactive ketones (excluding diaryl/α,β-unsaturated/α-hetero) is 1. The zero-order chi connectivity index (χ0) is 13.5. The van der Waals surface area contributed by atoms with Crippen LogP contribution in [0, 0.1) is 0 Å². The lowest BCUT2D eigenvalue weighted by Crippen LogP contribution is -2.03. The van der Waals surface area contributed by atoms with E-state index in [2.05, 4.69) is 13.2 Å². The summed E-state index contributed by atoms with van der Waals surface area (Å²) in [6.07, 6.45) is 3.14. The molecule has 0 bridgehead atoms. The van der Waals surface area contributed by atoms with Gasteiger partial charge in [-0.1, -0.05) is 25.3 Å². The lowest BCUT2D eigenvalue weighted by atomic mass is 10.1. The average molecular weight is 248 g/mol. The molecule has 1 N–H and O–H groups in total. The zero-order valence-electron chi connectivity index (χ0n) is 10.3. The Labute approximate surface area is 106 Å². The van der Waals surface area contributed by atoms with E-state index in [9.17, 15) is 9.90 Å². The molecule has 18 heavy (non-hydrogen) atoms. The summed E-state index contributed by atoms with van der Waals surface area (Å²) in [5.74, 6) is 0.253. The Morgan fingerprint density at radius 2 is 1.89 bits per heavy atom. The quantitative estimate of drug-likeness (QED) is 0.595. The van der Waals surface area contributed by atoms with E-state index in [1.165, 1.54) is 13.0 Å². The molecule has 1 aromatic rings. The van der Waals surface area contributed by atoms with Crippen LogP contribution in [0.4, 0.5) is 0 Å². The normalized spacial score (nSPS) is 9.61. The van der Waals surface area contributed by atoms with Crippen LogP contribution in [0.2, 0.25) is 0 Å². The van der Waals surface area contributed by atoms with Gasteiger partial charge in [0.25, 0.3) is 0 Å². The van der Waals surface area contributed by atoms with Crippen LogP contribution in [0.5, 0.6) is 17.2 Å². The number of carbonyl (C=O) groups excluding carboxylic acids is 1. The van der Waals surface area contributed by atoms with Gasteiger partial charge in [0.15, 0.2) is 5.78 Å². The minimum absolute atomic E-state index is 0.141. The number of rotatable bonds is 7. The van der Waals surface area contributed by atoms with Gasteiger partial charge in [-0.25, -0.2) is 0 Å². The molecule has 0 fully saturated rings. The molecular weight excluding hydrogens is 232 g/mol. The molecule has 0 saturated carbocycles. The third-order valence-electron chi connectivity index (χ3n) is 2.13. The molecule has 1 rings (SSSR count). The summed E-state index contributed by atoms with van der Waals surface area (Å²) >= 11 is 0. The van der Waals surface area contributed by atoms with Gasteiger partial charge in [-0.05, 0) is 6.92 Å². The lowest BCUT2D eigenvalue weighted by Gasteiger charge is -2.12. The van der Waals surface area contributed by atoms with E-state index in [1.54, 1.807) is 18.2 Å². The van der Waals surface area contributed by atoms with Crippen LogP contribution in [0.25, 0.3) is 0 Å². The van der Waals surface area contributed by atoms with Gasteiger partial charge < -0.3 is 14.6 Å². The molecule has 4 heteroatoms. The molecule has 0 aromatic heterocycles. The smallest absolute Gasteiger partial charge is 0.167 e. The number of phenolic OH excluding ortho intramolecular Hbond substituents is 1. The largest absolute Gasteiger partial charge is 0.507 e. The van der Waals surface area contributed by atoms with E-state index in [-0.39, 0.29) is 29.5 Å². The summed E-state index contributed by atoms with van der Waals surface area (Å²) in [4.78, 5) is 11.5. The summed E-state index contributed by atoms with van der Waals surface area (Å²) < 4.78 is 10.6. The van der Waals surface area contributed by atoms with Crippen molar-refractivity contribution >= 4 is 5.78 Å². The van der Waals surface area contributed by atoms with E-state index in [4.69, 9.17) is 9.47 Å². The third-order valence-corrected chi connectivity index (χ3v) is 2.13. The molecule has 0 aliphatic carbocycles. The Morgan fingerprint density at radius 3 is 2.44 bits per heavy atom. The van der Waals surface area contributed by atoms with E-state index in [1.807, 2.05) is 0 Å². The van der Waals surface area contributed by atoms with E-state index in [0.717, 1.165) is 0 Å². The highest BCUT2D eigenvalue weighted by molar-refractivity contribution is 5.99. The number of carbonyl (C=O) groups is 1. The highest BCUT2D eigenvalue weighted by atomic mass is 16.5. The molecule has 4 nitrogen and oxygen atoms in total. The highest BCUT2D eigenvalue weighted by Gasteiger charge is 2.16. The fourth-order valence-electron chi connectivity index (χ4n) is 1.43. The van der Waals surface area contributed by atoms with Crippen molar-refractivity contribution in [3.05, 3.63) is 43.0 Å². The first kappa shape index (κ1) is 13.8. The van der Waals surface area contributed by atoms with Crippen LogP contribution in [-0.2, 0) is 0 Å². The van der Waals surface area contributed by atoms with E-state index < -0.39 is 0 Å². The highest BCUT2D eigenvalue weighted by Crippen LogP contribution is 2.33. The van der Waals surface area contributed by atoms with Crippen LogP contribution >= 0.6 is 0 Å². The van der Waals surface area contributed by atoms with Crippen LogP contribution in [0.15, 0.2) is 37.4 Å². The lowest BCUT2D eigenvalue weighted by molar-refractivity contribution is 0.101. The molecule has 0 radical (unpaired) electrons. The Kier molecular flexibility index (Phi) is 4.99. The van der Waals surface area contributed by atoms with Crippen molar-refractivity contribution in [1.29, 1.82) is 0 Å². The van der Waals surface area contributed by atoms with Gasteiger partial charge in [0, 0.05) is 12.1 Å². The third kappa shape index (κ3) is 3.38. The Hall–Kier alpha value is -2.23. The molecule has 0 amide bonds. The van der Waals surface area contributed by atoms with Crippen LogP contribution in [0.1, 0.15) is 17.3 Å². The molecule has 96 valence electrons. The number of ether oxygens (including phenoxy) is 2. The number of ketones is 1. The van der Waals surface area contributed by atoms with E-state index in [0.29, 0.717) is 12.4 Å². The number of benzene rings is 1. The fourth-order valence-corrected chi connectivity index (χ4v) is 1.43. The maximum absolute atomic E-state index is 11.5. The van der Waals surface area contributed by atoms with Gasteiger partial charge in [0.2, 0.25) is 0 Å². The summed E-state index contributed by atoms with van der Waals surface area (Å²) in [6.45, 7) is 8.96. The molecule has 0 heterocycles. The second-order valence-electron chi connectivity index (χ2n) is 3.57. The van der Waals surface area contributed by atoms with Crippen molar-refractivity contribution in [3.8, 4) is 17.2 Å². The molecular formula is C14H16O4. The fraction of sp³-hybridized carbons (Fsp3) is 0.214. The van der Waals surface area contributed by atoms with Crippen molar-refractivity contribution in [2.45, 2.75) is 6.92 Å². The summed E-state index contributed by atoms with van der Waals surface area (Å²) in [7, 11) is 0. The first-order valence-corrected chi connectivity index (χ1v) is 5.45. The maximum atomic E-state index is 11.5. The molecule has 0 spiro atoms. The summed E-state index contributed by atoms with van der Waals surface area (Å²) in [6, 6.07) is 2.93. The van der Waals surface area contributed by atoms with Gasteiger partial charge >= 0.3 is 0 Å². The van der Waals surface area contributed by atoms with Gasteiger partial charge in [-0.3, -0.25) is 4.79 Å². The summed E-state index contributed by atoms with van der Waals surface area (Å²) in [5.41, 5.74) is 0.141. The van der Waals surface area contributed by atoms with E-state index >= 15 is 0 Å². The topological polar surface area (TPSA) is 55.8 Å². The number of aromatic hydroxyl groups is 1. The molecule has 0 unspecified atom stereocenters. The Bertz CT molecular complexity index is 463. The second kappa shape index (κ2) is 6.49. The average Bonchev–Trinajstić information content (AvgIpc) is 2.32. The molecule has 0 aliphatic heterocycles. The van der Waals surface area contributed by atoms with Crippen molar-refractivity contribution in [3.63, 3.8) is 0 Å². The van der Waals surface area contributed by atoms with Crippen molar-refractivity contribution in [2.75, 3.05) is 13.2 Å². The first-order chi connectivity index (χ1) is 8.60. The van der Waals surface area contributed by atoms with Crippen molar-refractivity contribution in [2.24, 2.45) is 0 Å². The van der Waals surface area contributed by atoms with Crippen LogP contribution < -0.4 is 9.47 Å². The predicted molar refractivity (Wildman–Crippen MR) is 69.5 cm³/mol. The van der Waals surface area contributed by atoms with Crippen LogP contribution in [0.3, 0.4) is 0 Å². The Morgan fingerprint density at radius 1 is 1.28 bits per heavy atom. The standard InChI is InChI=1S/C14H16O4/c1-4-6-17-11-8-12(16)14(10(3)15)13(9-11)18-7-5-2/h4-5,8-9,16H,1-2,6-7H2,3H3. The van der Waals surface area contributed by atoms with Crippen molar-refractivity contribution < 1.29 is 19.4 Å². The minimum atomic E-state index is -0.276. The maximum Gasteiger partial charge on any atom is 0.167 e. The monoisotopic (exact) mass is 248 g/mol. The van der Waals surface area contributed by atoms with Crippen LogP contribution in [-0.4, -0.2) is 24.1 Å². The molecule has 0 aliphatic rings. The van der Waals surface area contributed by atoms with Gasteiger partial charge in [0.1, 0.15) is 36.0 Å². The zero-order valence-corrected chi connectivity index (χ0v) is 10.3. The molecule has 0 atom stereocenters. The number of hydrogen-bond acceptors (Lipinski definition) is 4.